The van der Waals surface area contributed by atoms with Crippen LogP contribution in [0.2, 0.25) is 0 Å². The molecule has 1 aliphatic carbocycles. The molecule has 4 rings (SSSR count). The van der Waals surface area contributed by atoms with Gasteiger partial charge in [0, 0.05) is 44.3 Å². The highest BCUT2D eigenvalue weighted by molar-refractivity contribution is 9.10. The van der Waals surface area contributed by atoms with E-state index in [1.54, 1.807) is 13.4 Å². The summed E-state index contributed by atoms with van der Waals surface area (Å²) in [6, 6.07) is 6.14. The van der Waals surface area contributed by atoms with Gasteiger partial charge in [-0.05, 0) is 46.0 Å². The van der Waals surface area contributed by atoms with Gasteiger partial charge in [0.15, 0.2) is 0 Å². The maximum atomic E-state index is 13.7. The maximum Gasteiger partial charge on any atom is 0.231 e. The number of aliphatic hydroxyl groups is 1. The maximum absolute atomic E-state index is 13.7. The van der Waals surface area contributed by atoms with Crippen LogP contribution in [-0.4, -0.2) is 71.8 Å². The van der Waals surface area contributed by atoms with Gasteiger partial charge in [0.05, 0.1) is 29.3 Å². The molecule has 1 aromatic carbocycles. The molecule has 2 N–H and O–H groups in total. The third-order valence-corrected chi connectivity index (χ3v) is 7.40. The van der Waals surface area contributed by atoms with E-state index in [1.807, 2.05) is 23.1 Å². The second kappa shape index (κ2) is 10.6. The number of halogens is 1. The Bertz CT molecular complexity index is 1030. The van der Waals surface area contributed by atoms with Crippen molar-refractivity contribution in [2.45, 2.75) is 51.2 Å². The number of aromatic nitrogens is 2. The molecule has 1 saturated heterocycles. The van der Waals surface area contributed by atoms with Crippen LogP contribution < -0.4 is 15.0 Å². The Kier molecular flexibility index (Phi) is 7.74. The SMILES string of the molecule is COc1ccc(C(CNC(C)C)C(=O)N2CCN(c3ncnc4c3[C@H](C)C[C@H]4O)CC2)cc1Br. The van der Waals surface area contributed by atoms with E-state index in [2.05, 4.69) is 56.9 Å². The predicted octanol–water partition coefficient (Wildman–Crippen LogP) is 3.22. The summed E-state index contributed by atoms with van der Waals surface area (Å²) >= 11 is 3.56. The van der Waals surface area contributed by atoms with Crippen molar-refractivity contribution in [3.8, 4) is 5.75 Å². The first-order valence-corrected chi connectivity index (χ1v) is 12.7. The average molecular weight is 532 g/mol. The molecule has 0 saturated carbocycles. The summed E-state index contributed by atoms with van der Waals surface area (Å²) in [7, 11) is 1.64. The van der Waals surface area contributed by atoms with Crippen LogP contribution in [0.1, 0.15) is 62.0 Å². The van der Waals surface area contributed by atoms with Crippen LogP contribution in [-0.2, 0) is 4.79 Å². The van der Waals surface area contributed by atoms with E-state index in [4.69, 9.17) is 4.74 Å². The molecule has 1 fully saturated rings. The number of nitrogens with zero attached hydrogens (tertiary/aromatic N) is 4. The lowest BCUT2D eigenvalue weighted by Crippen LogP contribution is -2.51. The Morgan fingerprint density at radius 2 is 2.00 bits per heavy atom. The van der Waals surface area contributed by atoms with Crippen molar-refractivity contribution < 1.29 is 14.6 Å². The lowest BCUT2D eigenvalue weighted by molar-refractivity contribution is -0.133. The second-order valence-electron chi connectivity index (χ2n) is 9.47. The van der Waals surface area contributed by atoms with E-state index in [-0.39, 0.29) is 23.8 Å². The highest BCUT2D eigenvalue weighted by Gasteiger charge is 2.35. The number of carbonyl (C=O) groups excluding carboxylic acids is 1. The minimum absolute atomic E-state index is 0.126. The molecule has 9 heteroatoms. The number of benzene rings is 1. The van der Waals surface area contributed by atoms with Gasteiger partial charge in [0.25, 0.3) is 0 Å². The Morgan fingerprint density at radius 1 is 1.26 bits per heavy atom. The summed E-state index contributed by atoms with van der Waals surface area (Å²) < 4.78 is 6.21. The van der Waals surface area contributed by atoms with E-state index in [1.165, 1.54) is 0 Å². The van der Waals surface area contributed by atoms with Crippen LogP contribution in [0.4, 0.5) is 5.82 Å². The van der Waals surface area contributed by atoms with E-state index < -0.39 is 6.10 Å². The van der Waals surface area contributed by atoms with Crippen LogP contribution in [0.3, 0.4) is 0 Å². The molecule has 1 unspecified atom stereocenters. The minimum atomic E-state index is -0.521. The van der Waals surface area contributed by atoms with Crippen molar-refractivity contribution in [3.63, 3.8) is 0 Å². The monoisotopic (exact) mass is 531 g/mol. The number of aliphatic hydroxyl groups excluding tert-OH is 1. The van der Waals surface area contributed by atoms with Gasteiger partial charge in [-0.2, -0.15) is 0 Å². The lowest BCUT2D eigenvalue weighted by atomic mass is 9.96. The van der Waals surface area contributed by atoms with Crippen LogP contribution >= 0.6 is 15.9 Å². The van der Waals surface area contributed by atoms with Gasteiger partial charge >= 0.3 is 0 Å². The quantitative estimate of drug-likeness (QED) is 0.566. The third-order valence-electron chi connectivity index (χ3n) is 6.78. The molecule has 0 radical (unpaired) electrons. The topological polar surface area (TPSA) is 90.8 Å². The van der Waals surface area contributed by atoms with Crippen molar-refractivity contribution in [2.24, 2.45) is 0 Å². The molecular formula is C25H34BrN5O3. The lowest BCUT2D eigenvalue weighted by Gasteiger charge is -2.38. The number of carbonyl (C=O) groups is 1. The Hall–Kier alpha value is -2.23. The van der Waals surface area contributed by atoms with Gasteiger partial charge in [-0.25, -0.2) is 9.97 Å². The number of ether oxygens (including phenoxy) is 1. The van der Waals surface area contributed by atoms with E-state index >= 15 is 0 Å². The smallest absolute Gasteiger partial charge is 0.231 e. The molecule has 2 aromatic rings. The second-order valence-corrected chi connectivity index (χ2v) is 10.3. The number of anilines is 1. The largest absolute Gasteiger partial charge is 0.496 e. The summed E-state index contributed by atoms with van der Waals surface area (Å²) in [5.74, 6) is 1.72. The van der Waals surface area contributed by atoms with E-state index in [0.717, 1.165) is 32.9 Å². The van der Waals surface area contributed by atoms with Gasteiger partial charge in [-0.3, -0.25) is 4.79 Å². The minimum Gasteiger partial charge on any atom is -0.496 e. The molecular weight excluding hydrogens is 498 g/mol. The normalized spacial score (nSPS) is 21.0. The van der Waals surface area contributed by atoms with Crippen molar-refractivity contribution in [1.82, 2.24) is 20.2 Å². The first-order valence-electron chi connectivity index (χ1n) is 11.9. The number of nitrogens with one attached hydrogen (secondary N) is 1. The van der Waals surface area contributed by atoms with E-state index in [9.17, 15) is 9.90 Å². The zero-order chi connectivity index (χ0) is 24.4. The highest BCUT2D eigenvalue weighted by Crippen LogP contribution is 2.42. The van der Waals surface area contributed by atoms with Crippen molar-refractivity contribution in [1.29, 1.82) is 0 Å². The molecule has 8 nitrogen and oxygen atoms in total. The van der Waals surface area contributed by atoms with Crippen LogP contribution in [0.5, 0.6) is 5.75 Å². The molecule has 2 aliphatic rings. The molecule has 1 amide bonds. The molecule has 34 heavy (non-hydrogen) atoms. The van der Waals surface area contributed by atoms with Crippen molar-refractivity contribution in [2.75, 3.05) is 44.7 Å². The number of methoxy groups -OCH3 is 1. The number of hydrogen-bond donors (Lipinski definition) is 2. The fraction of sp³-hybridized carbons (Fsp3) is 0.560. The summed E-state index contributed by atoms with van der Waals surface area (Å²) in [6.07, 6.45) is 1.71. The van der Waals surface area contributed by atoms with Crippen LogP contribution in [0.25, 0.3) is 0 Å². The molecule has 2 heterocycles. The number of fused-ring (bicyclic) bond motifs is 1. The fourth-order valence-corrected chi connectivity index (χ4v) is 5.47. The Labute approximate surface area is 209 Å². The predicted molar refractivity (Wildman–Crippen MR) is 135 cm³/mol. The zero-order valence-corrected chi connectivity index (χ0v) is 21.9. The Morgan fingerprint density at radius 3 is 2.65 bits per heavy atom. The van der Waals surface area contributed by atoms with Crippen LogP contribution in [0.15, 0.2) is 29.0 Å². The average Bonchev–Trinajstić information content (AvgIpc) is 3.12. The first kappa shape index (κ1) is 24.9. The molecule has 1 aromatic heterocycles. The molecule has 3 atom stereocenters. The van der Waals surface area contributed by atoms with Gasteiger partial charge < -0.3 is 25.0 Å². The molecule has 184 valence electrons. The highest BCUT2D eigenvalue weighted by atomic mass is 79.9. The van der Waals surface area contributed by atoms with Gasteiger partial charge in [-0.15, -0.1) is 0 Å². The molecule has 0 spiro atoms. The van der Waals surface area contributed by atoms with Gasteiger partial charge in [0.2, 0.25) is 5.91 Å². The van der Waals surface area contributed by atoms with Gasteiger partial charge in [-0.1, -0.05) is 26.8 Å². The summed E-state index contributed by atoms with van der Waals surface area (Å²) in [6.45, 7) is 9.52. The summed E-state index contributed by atoms with van der Waals surface area (Å²) in [5.41, 5.74) is 2.77. The fourth-order valence-electron chi connectivity index (χ4n) is 4.91. The number of piperazine rings is 1. The number of amides is 1. The third kappa shape index (κ3) is 5.06. The van der Waals surface area contributed by atoms with Gasteiger partial charge in [0.1, 0.15) is 17.9 Å². The molecule has 1 aliphatic heterocycles. The summed E-state index contributed by atoms with van der Waals surface area (Å²) in [4.78, 5) is 26.7. The standard InChI is InChI=1S/C25H34BrN5O3/c1-15(2)27-13-18(17-5-6-21(34-4)19(26)12-17)25(33)31-9-7-30(8-10-31)24-22-16(3)11-20(32)23(22)28-14-29-24/h5-6,12,14-16,18,20,27,32H,7-11,13H2,1-4H3/t16-,18?,20-/m1/s1. The molecule has 0 bridgehead atoms. The van der Waals surface area contributed by atoms with E-state index in [0.29, 0.717) is 39.1 Å². The van der Waals surface area contributed by atoms with Crippen molar-refractivity contribution in [3.05, 3.63) is 45.8 Å². The van der Waals surface area contributed by atoms with Crippen molar-refractivity contribution >= 4 is 27.7 Å². The summed E-state index contributed by atoms with van der Waals surface area (Å²) in [5, 5.41) is 13.8. The Balaban J connectivity index is 1.49. The van der Waals surface area contributed by atoms with Crippen LogP contribution in [0, 0.1) is 0 Å². The first-order chi connectivity index (χ1) is 16.3. The number of hydrogen-bond acceptors (Lipinski definition) is 7. The zero-order valence-electron chi connectivity index (χ0n) is 20.3. The number of rotatable bonds is 7.